The number of nitrogens with zero attached hydrogens (tertiary/aromatic N) is 2. The third kappa shape index (κ3) is 4.18. The summed E-state index contributed by atoms with van der Waals surface area (Å²) in [4.78, 5) is 13.1. The summed E-state index contributed by atoms with van der Waals surface area (Å²) in [5.74, 6) is 0.0711. The summed E-state index contributed by atoms with van der Waals surface area (Å²) in [5.41, 5.74) is 3.07. The quantitative estimate of drug-likeness (QED) is 0.537. The van der Waals surface area contributed by atoms with Gasteiger partial charge in [0.1, 0.15) is 0 Å². The van der Waals surface area contributed by atoms with E-state index in [1.807, 2.05) is 95.8 Å². The molecule has 0 aliphatic heterocycles. The predicted molar refractivity (Wildman–Crippen MR) is 111 cm³/mol. The van der Waals surface area contributed by atoms with Crippen molar-refractivity contribution in [3.8, 4) is 0 Å². The minimum Gasteiger partial charge on any atom is -0.308 e. The van der Waals surface area contributed by atoms with Gasteiger partial charge in [-0.25, -0.2) is 0 Å². The van der Waals surface area contributed by atoms with Crippen LogP contribution in [0, 0.1) is 0 Å². The minimum absolute atomic E-state index is 0.0950. The van der Waals surface area contributed by atoms with Crippen LogP contribution in [0.1, 0.15) is 22.6 Å². The van der Waals surface area contributed by atoms with Crippen LogP contribution in [0.15, 0.2) is 103 Å². The van der Waals surface area contributed by atoms with Crippen molar-refractivity contribution in [1.82, 2.24) is 9.78 Å². The molecule has 138 valence electrons. The lowest BCUT2D eigenvalue weighted by Crippen LogP contribution is -2.22. The molecule has 0 atom stereocenters. The van der Waals surface area contributed by atoms with Crippen LogP contribution >= 0.6 is 0 Å². The molecule has 28 heavy (non-hydrogen) atoms. The van der Waals surface area contributed by atoms with E-state index in [9.17, 15) is 4.79 Å². The number of anilines is 1. The molecule has 4 nitrogen and oxygen atoms in total. The molecule has 0 saturated carbocycles. The molecular weight excluding hydrogens is 346 g/mol. The second-order valence-electron chi connectivity index (χ2n) is 6.63. The Morgan fingerprint density at radius 2 is 1.32 bits per heavy atom. The van der Waals surface area contributed by atoms with Crippen molar-refractivity contribution in [3.63, 3.8) is 0 Å². The highest BCUT2D eigenvalue weighted by atomic mass is 16.2. The number of rotatable bonds is 6. The molecule has 0 radical (unpaired) electrons. The number of amides is 1. The predicted octanol–water partition coefficient (Wildman–Crippen LogP) is 4.70. The highest BCUT2D eigenvalue weighted by molar-refractivity contribution is 5.97. The molecule has 0 bridgehead atoms. The van der Waals surface area contributed by atoms with Crippen LogP contribution in [-0.2, 0) is 11.3 Å². The van der Waals surface area contributed by atoms with Crippen molar-refractivity contribution >= 4 is 11.7 Å². The number of carbonyl (C=O) groups is 1. The maximum absolute atomic E-state index is 13.1. The van der Waals surface area contributed by atoms with Crippen molar-refractivity contribution in [2.45, 2.75) is 12.5 Å². The van der Waals surface area contributed by atoms with Gasteiger partial charge in [-0.1, -0.05) is 91.0 Å². The number of nitrogens with one attached hydrogen (secondary N) is 1. The van der Waals surface area contributed by atoms with Crippen molar-refractivity contribution in [2.24, 2.45) is 0 Å². The molecule has 1 heterocycles. The average molecular weight is 367 g/mol. The first-order valence-corrected chi connectivity index (χ1v) is 9.28. The number of hydrogen-bond donors (Lipinski definition) is 1. The van der Waals surface area contributed by atoms with Crippen molar-refractivity contribution < 1.29 is 4.79 Å². The summed E-state index contributed by atoms with van der Waals surface area (Å²) in [6.07, 6.45) is 1.88. The van der Waals surface area contributed by atoms with Crippen LogP contribution in [0.25, 0.3) is 0 Å². The van der Waals surface area contributed by atoms with Crippen LogP contribution < -0.4 is 5.32 Å². The first-order chi connectivity index (χ1) is 13.8. The van der Waals surface area contributed by atoms with E-state index in [0.29, 0.717) is 12.4 Å². The first-order valence-electron chi connectivity index (χ1n) is 9.28. The number of benzene rings is 3. The maximum Gasteiger partial charge on any atom is 0.237 e. The number of hydrogen-bond acceptors (Lipinski definition) is 2. The summed E-state index contributed by atoms with van der Waals surface area (Å²) in [7, 11) is 0. The summed E-state index contributed by atoms with van der Waals surface area (Å²) >= 11 is 0. The SMILES string of the molecule is O=C(Nc1ccn(Cc2ccccc2)n1)C(c1ccccc1)c1ccccc1. The zero-order valence-corrected chi connectivity index (χ0v) is 15.4. The van der Waals surface area contributed by atoms with Gasteiger partial charge in [-0.15, -0.1) is 0 Å². The molecule has 0 aliphatic carbocycles. The molecule has 0 unspecified atom stereocenters. The summed E-state index contributed by atoms with van der Waals surface area (Å²) in [6.45, 7) is 0.664. The maximum atomic E-state index is 13.1. The molecule has 0 spiro atoms. The zero-order chi connectivity index (χ0) is 19.2. The van der Waals surface area contributed by atoms with Gasteiger partial charge >= 0.3 is 0 Å². The fraction of sp³-hybridized carbons (Fsp3) is 0.0833. The van der Waals surface area contributed by atoms with Crippen LogP contribution in [0.3, 0.4) is 0 Å². The van der Waals surface area contributed by atoms with Gasteiger partial charge < -0.3 is 5.32 Å². The van der Waals surface area contributed by atoms with Gasteiger partial charge in [0.2, 0.25) is 5.91 Å². The standard InChI is InChI=1S/C24H21N3O/c28-24(23(20-12-6-2-7-13-20)21-14-8-3-9-15-21)25-22-16-17-27(26-22)18-19-10-4-1-5-11-19/h1-17,23H,18H2,(H,25,26,28). The molecule has 4 aromatic rings. The lowest BCUT2D eigenvalue weighted by Gasteiger charge is -2.17. The fourth-order valence-electron chi connectivity index (χ4n) is 3.27. The zero-order valence-electron chi connectivity index (χ0n) is 15.4. The summed E-state index contributed by atoms with van der Waals surface area (Å²) < 4.78 is 1.82. The molecule has 1 amide bonds. The Morgan fingerprint density at radius 3 is 1.89 bits per heavy atom. The van der Waals surface area contributed by atoms with Crippen molar-refractivity contribution in [3.05, 3.63) is 120 Å². The molecule has 0 saturated heterocycles. The van der Waals surface area contributed by atoms with Gasteiger partial charge in [-0.2, -0.15) is 5.10 Å². The first kappa shape index (κ1) is 17.7. The molecule has 4 rings (SSSR count). The van der Waals surface area contributed by atoms with Crippen LogP contribution in [0.2, 0.25) is 0 Å². The monoisotopic (exact) mass is 367 g/mol. The summed E-state index contributed by atoms with van der Waals surface area (Å²) in [6, 6.07) is 31.6. The molecule has 0 fully saturated rings. The van der Waals surface area contributed by atoms with Crippen molar-refractivity contribution in [2.75, 3.05) is 5.32 Å². The summed E-state index contributed by atoms with van der Waals surface area (Å²) in [5, 5.41) is 7.47. The third-order valence-electron chi connectivity index (χ3n) is 4.61. The van der Waals surface area contributed by atoms with Gasteiger partial charge in [-0.05, 0) is 16.7 Å². The Hall–Kier alpha value is -3.66. The largest absolute Gasteiger partial charge is 0.308 e. The van der Waals surface area contributed by atoms with Gasteiger partial charge in [0.25, 0.3) is 0 Å². The molecule has 4 heteroatoms. The lowest BCUT2D eigenvalue weighted by molar-refractivity contribution is -0.116. The van der Waals surface area contributed by atoms with Crippen molar-refractivity contribution in [1.29, 1.82) is 0 Å². The third-order valence-corrected chi connectivity index (χ3v) is 4.61. The van der Waals surface area contributed by atoms with Crippen LogP contribution in [0.4, 0.5) is 5.82 Å². The van der Waals surface area contributed by atoms with E-state index in [1.54, 1.807) is 0 Å². The Kier molecular flexibility index (Phi) is 5.29. The molecule has 1 N–H and O–H groups in total. The Labute approximate surface area is 164 Å². The number of aromatic nitrogens is 2. The second kappa shape index (κ2) is 8.35. The highest BCUT2D eigenvalue weighted by Crippen LogP contribution is 2.26. The van der Waals surface area contributed by atoms with Gasteiger partial charge in [0.15, 0.2) is 5.82 Å². The Morgan fingerprint density at radius 1 is 0.786 bits per heavy atom. The average Bonchev–Trinajstić information content (AvgIpc) is 3.17. The normalized spacial score (nSPS) is 10.8. The topological polar surface area (TPSA) is 46.9 Å². The molecular formula is C24H21N3O. The minimum atomic E-state index is -0.387. The highest BCUT2D eigenvalue weighted by Gasteiger charge is 2.23. The van der Waals surface area contributed by atoms with E-state index in [4.69, 9.17) is 0 Å². The van der Waals surface area contributed by atoms with Gasteiger partial charge in [-0.3, -0.25) is 9.48 Å². The molecule has 3 aromatic carbocycles. The molecule has 1 aromatic heterocycles. The van der Waals surface area contributed by atoms with Crippen LogP contribution in [-0.4, -0.2) is 15.7 Å². The Bertz CT molecular complexity index is 988. The van der Waals surface area contributed by atoms with E-state index >= 15 is 0 Å². The van der Waals surface area contributed by atoms with Crippen LogP contribution in [0.5, 0.6) is 0 Å². The van der Waals surface area contributed by atoms with E-state index in [0.717, 1.165) is 16.7 Å². The van der Waals surface area contributed by atoms with E-state index in [-0.39, 0.29) is 11.8 Å². The lowest BCUT2D eigenvalue weighted by atomic mass is 9.90. The van der Waals surface area contributed by atoms with E-state index < -0.39 is 0 Å². The molecule has 0 aliphatic rings. The fourth-order valence-corrected chi connectivity index (χ4v) is 3.27. The smallest absolute Gasteiger partial charge is 0.237 e. The Balaban J connectivity index is 1.54. The van der Waals surface area contributed by atoms with Gasteiger partial charge in [0.05, 0.1) is 12.5 Å². The second-order valence-corrected chi connectivity index (χ2v) is 6.63. The van der Waals surface area contributed by atoms with Gasteiger partial charge in [0, 0.05) is 12.3 Å². The van der Waals surface area contributed by atoms with E-state index in [2.05, 4.69) is 22.5 Å². The van der Waals surface area contributed by atoms with E-state index in [1.165, 1.54) is 0 Å². The number of carbonyl (C=O) groups excluding carboxylic acids is 1.